The Bertz CT molecular complexity index is 979. The number of allylic oxidation sites excluding steroid dienone is 2. The summed E-state index contributed by atoms with van der Waals surface area (Å²) >= 11 is 3.17. The van der Waals surface area contributed by atoms with Crippen LogP contribution in [0.25, 0.3) is 6.08 Å². The van der Waals surface area contributed by atoms with Gasteiger partial charge < -0.3 is 9.47 Å². The Hall–Kier alpha value is -2.44. The van der Waals surface area contributed by atoms with Crippen LogP contribution in [0.5, 0.6) is 11.5 Å². The lowest BCUT2D eigenvalue weighted by molar-refractivity contribution is -0.111. The maximum absolute atomic E-state index is 13.1. The van der Waals surface area contributed by atoms with E-state index in [-0.39, 0.29) is 23.9 Å². The van der Waals surface area contributed by atoms with Gasteiger partial charge >= 0.3 is 0 Å². The van der Waals surface area contributed by atoms with Crippen LogP contribution < -0.4 is 9.47 Å². The Labute approximate surface area is 172 Å². The van der Waals surface area contributed by atoms with Crippen molar-refractivity contribution in [2.24, 2.45) is 0 Å². The molecule has 4 nitrogen and oxygen atoms in total. The molecule has 4 rings (SSSR count). The molecule has 2 aliphatic heterocycles. The molecule has 2 aromatic rings. The molecule has 0 bridgehead atoms. The number of hydrogen-bond donors (Lipinski definition) is 0. The quantitative estimate of drug-likeness (QED) is 0.301. The Balaban J connectivity index is 1.63. The zero-order valence-electron chi connectivity index (χ0n) is 15.2. The van der Waals surface area contributed by atoms with Gasteiger partial charge in [-0.25, -0.2) is 0 Å². The highest BCUT2D eigenvalue weighted by Crippen LogP contribution is 2.44. The number of ether oxygens (including phenoxy) is 2. The van der Waals surface area contributed by atoms with Gasteiger partial charge in [-0.1, -0.05) is 49.4 Å². The molecule has 1 saturated heterocycles. The molecular weight excluding hydrogens is 392 g/mol. The van der Waals surface area contributed by atoms with Gasteiger partial charge in [-0.3, -0.25) is 9.59 Å². The molecule has 142 valence electrons. The molecule has 0 radical (unpaired) electrons. The average molecular weight is 411 g/mol. The number of fused-ring (bicyclic) bond motifs is 1. The Kier molecular flexibility index (Phi) is 5.59. The third-order valence-corrected chi connectivity index (χ3v) is 7.27. The molecule has 1 unspecified atom stereocenters. The number of rotatable bonds is 5. The zero-order chi connectivity index (χ0) is 19.5. The third kappa shape index (κ3) is 4.03. The molecule has 2 aliphatic rings. The summed E-state index contributed by atoms with van der Waals surface area (Å²) in [6.45, 7) is 2.30. The van der Waals surface area contributed by atoms with E-state index in [1.807, 2.05) is 24.3 Å². The molecule has 2 heterocycles. The number of carbonyl (C=O) groups is 2. The second-order valence-corrected chi connectivity index (χ2v) is 9.14. The predicted octanol–water partition coefficient (Wildman–Crippen LogP) is 4.96. The summed E-state index contributed by atoms with van der Waals surface area (Å²) in [5, 5.41) is 0.379. The molecule has 0 N–H and O–H groups in total. The minimum Gasteiger partial charge on any atom is -0.454 e. The van der Waals surface area contributed by atoms with Gasteiger partial charge in [-0.15, -0.1) is 23.5 Å². The van der Waals surface area contributed by atoms with Gasteiger partial charge in [0.1, 0.15) is 0 Å². The maximum atomic E-state index is 13.1. The van der Waals surface area contributed by atoms with E-state index >= 15 is 0 Å². The highest BCUT2D eigenvalue weighted by atomic mass is 32.2. The molecule has 1 fully saturated rings. The van der Waals surface area contributed by atoms with Crippen LogP contribution in [0.4, 0.5) is 0 Å². The first-order chi connectivity index (χ1) is 13.6. The fourth-order valence-corrected chi connectivity index (χ4v) is 5.73. The van der Waals surface area contributed by atoms with Crippen molar-refractivity contribution in [3.8, 4) is 11.5 Å². The van der Waals surface area contributed by atoms with Crippen molar-refractivity contribution in [1.29, 1.82) is 0 Å². The van der Waals surface area contributed by atoms with Crippen LogP contribution >= 0.6 is 23.5 Å². The van der Waals surface area contributed by atoms with Crippen LogP contribution in [0.15, 0.2) is 64.4 Å². The summed E-state index contributed by atoms with van der Waals surface area (Å²) < 4.78 is 11.5. The zero-order valence-corrected chi connectivity index (χ0v) is 16.8. The van der Waals surface area contributed by atoms with Crippen molar-refractivity contribution in [3.05, 3.63) is 75.5 Å². The molecule has 0 amide bonds. The van der Waals surface area contributed by atoms with Crippen molar-refractivity contribution in [2.75, 3.05) is 12.5 Å². The fraction of sp³-hybridized carbons (Fsp3) is 0.182. The summed E-state index contributed by atoms with van der Waals surface area (Å²) in [5.74, 6) is 1.73. The van der Waals surface area contributed by atoms with Crippen molar-refractivity contribution < 1.29 is 19.1 Å². The molecular formula is C22H18O4S2. The second kappa shape index (κ2) is 8.29. The van der Waals surface area contributed by atoms with Crippen molar-refractivity contribution in [2.45, 2.75) is 12.2 Å². The van der Waals surface area contributed by atoms with E-state index in [1.165, 1.54) is 6.08 Å². The molecule has 2 aromatic carbocycles. The topological polar surface area (TPSA) is 52.6 Å². The van der Waals surface area contributed by atoms with Gasteiger partial charge in [0.2, 0.25) is 6.79 Å². The van der Waals surface area contributed by atoms with E-state index in [4.69, 9.17) is 9.47 Å². The molecule has 28 heavy (non-hydrogen) atoms. The molecule has 0 saturated carbocycles. The number of Topliss-reactive ketones (excluding diaryl/α,β-unsaturated/α-hetero) is 1. The van der Waals surface area contributed by atoms with E-state index in [0.717, 1.165) is 15.6 Å². The first kappa shape index (κ1) is 18.9. The smallest absolute Gasteiger partial charge is 0.231 e. The standard InChI is InChI=1S/C22H18O4S2/c1-14-12-27-22(28-14)20(21(24)16-5-3-2-4-6-16)17(23)9-7-15-8-10-18-19(11-15)26-13-25-18/h2-11,14H,12-13H2,1H3/b9-7+,22-20+. The van der Waals surface area contributed by atoms with Gasteiger partial charge in [0, 0.05) is 16.6 Å². The third-order valence-electron chi connectivity index (χ3n) is 4.29. The molecule has 0 aromatic heterocycles. The lowest BCUT2D eigenvalue weighted by Crippen LogP contribution is -2.12. The van der Waals surface area contributed by atoms with Crippen LogP contribution in [0, 0.1) is 0 Å². The van der Waals surface area contributed by atoms with Crippen molar-refractivity contribution in [1.82, 2.24) is 0 Å². The van der Waals surface area contributed by atoms with Gasteiger partial charge in [-0.05, 0) is 23.8 Å². The molecule has 1 atom stereocenters. The number of ketones is 2. The van der Waals surface area contributed by atoms with E-state index in [2.05, 4.69) is 6.92 Å². The van der Waals surface area contributed by atoms with Gasteiger partial charge in [0.25, 0.3) is 0 Å². The van der Waals surface area contributed by atoms with Gasteiger partial charge in [0.15, 0.2) is 23.1 Å². The average Bonchev–Trinajstić information content (AvgIpc) is 3.35. The highest BCUT2D eigenvalue weighted by molar-refractivity contribution is 8.25. The Morgan fingerprint density at radius 2 is 1.86 bits per heavy atom. The van der Waals surface area contributed by atoms with E-state index in [1.54, 1.807) is 53.9 Å². The monoisotopic (exact) mass is 410 g/mol. The summed E-state index contributed by atoms with van der Waals surface area (Å²) in [6.07, 6.45) is 3.17. The number of carbonyl (C=O) groups excluding carboxylic acids is 2. The summed E-state index contributed by atoms with van der Waals surface area (Å²) in [5.41, 5.74) is 1.59. The number of benzene rings is 2. The normalized spacial score (nSPS) is 19.8. The van der Waals surface area contributed by atoms with Crippen molar-refractivity contribution in [3.63, 3.8) is 0 Å². The minimum atomic E-state index is -0.282. The van der Waals surface area contributed by atoms with Crippen LogP contribution in [0.2, 0.25) is 0 Å². The summed E-state index contributed by atoms with van der Waals surface area (Å²) in [6, 6.07) is 14.4. The highest BCUT2D eigenvalue weighted by Gasteiger charge is 2.28. The molecule has 0 aliphatic carbocycles. The van der Waals surface area contributed by atoms with Crippen LogP contribution in [0.3, 0.4) is 0 Å². The van der Waals surface area contributed by atoms with Crippen LogP contribution in [-0.4, -0.2) is 29.4 Å². The van der Waals surface area contributed by atoms with E-state index in [0.29, 0.717) is 22.3 Å². The lowest BCUT2D eigenvalue weighted by Gasteiger charge is -2.07. The largest absolute Gasteiger partial charge is 0.454 e. The van der Waals surface area contributed by atoms with Gasteiger partial charge in [-0.2, -0.15) is 0 Å². The maximum Gasteiger partial charge on any atom is 0.231 e. The number of hydrogen-bond acceptors (Lipinski definition) is 6. The summed E-state index contributed by atoms with van der Waals surface area (Å²) in [7, 11) is 0. The first-order valence-corrected chi connectivity index (χ1v) is 10.7. The van der Waals surface area contributed by atoms with E-state index in [9.17, 15) is 9.59 Å². The predicted molar refractivity (Wildman–Crippen MR) is 114 cm³/mol. The second-order valence-electron chi connectivity index (χ2n) is 6.41. The first-order valence-electron chi connectivity index (χ1n) is 8.87. The Morgan fingerprint density at radius 3 is 2.61 bits per heavy atom. The number of thioether (sulfide) groups is 2. The van der Waals surface area contributed by atoms with Crippen molar-refractivity contribution >= 4 is 41.2 Å². The van der Waals surface area contributed by atoms with E-state index < -0.39 is 0 Å². The molecule has 0 spiro atoms. The lowest BCUT2D eigenvalue weighted by atomic mass is 10.0. The summed E-state index contributed by atoms with van der Waals surface area (Å²) in [4.78, 5) is 26.1. The van der Waals surface area contributed by atoms with Gasteiger partial charge in [0.05, 0.1) is 9.81 Å². The SMILES string of the molecule is CC1CS/C(=C(/C(=O)/C=C/c2ccc3c(c2)OCO3)C(=O)c2ccccc2)S1. The molecule has 6 heteroatoms. The Morgan fingerprint density at radius 1 is 1.07 bits per heavy atom. The fourth-order valence-electron chi connectivity index (χ4n) is 2.89. The minimum absolute atomic E-state index is 0.204. The van der Waals surface area contributed by atoms with Crippen LogP contribution in [0.1, 0.15) is 22.8 Å². The van der Waals surface area contributed by atoms with Crippen LogP contribution in [-0.2, 0) is 4.79 Å².